The quantitative estimate of drug-likeness (QED) is 0.147. The molecule has 4 atom stereocenters. The van der Waals surface area contributed by atoms with Crippen molar-refractivity contribution in [3.63, 3.8) is 0 Å². The Morgan fingerprint density at radius 1 is 0.923 bits per heavy atom. The number of imide groups is 1. The maximum Gasteiger partial charge on any atom is 0.282 e. The zero-order chi connectivity index (χ0) is 28.8. The summed E-state index contributed by atoms with van der Waals surface area (Å²) in [6.45, 7) is -0.482. The van der Waals surface area contributed by atoms with Crippen molar-refractivity contribution in [1.82, 2.24) is 10.0 Å². The van der Waals surface area contributed by atoms with Crippen molar-refractivity contribution < 1.29 is 19.3 Å². The van der Waals surface area contributed by atoms with Crippen molar-refractivity contribution in [2.45, 2.75) is 20.6 Å². The number of nitro benzene ring substituents is 1. The van der Waals surface area contributed by atoms with Crippen LogP contribution in [0.3, 0.4) is 0 Å². The number of alkyl halides is 4. The molecule has 3 amide bonds. The Morgan fingerprint density at radius 2 is 1.46 bits per heavy atom. The molecule has 2 fully saturated rings. The highest BCUT2D eigenvalue weighted by Gasteiger charge is 2.88. The average Bonchev–Trinajstić information content (AvgIpc) is 3.26. The van der Waals surface area contributed by atoms with Gasteiger partial charge in [-0.2, -0.15) is 5.01 Å². The maximum atomic E-state index is 13.9. The van der Waals surface area contributed by atoms with Crippen molar-refractivity contribution >= 4 is 116 Å². The van der Waals surface area contributed by atoms with E-state index in [1.54, 1.807) is 0 Å². The number of rotatable bonds is 5. The largest absolute Gasteiger partial charge is 0.282 e. The van der Waals surface area contributed by atoms with Crippen LogP contribution >= 0.6 is 92.8 Å². The van der Waals surface area contributed by atoms with E-state index in [9.17, 15) is 24.5 Å². The summed E-state index contributed by atoms with van der Waals surface area (Å²) in [5.74, 6) is -6.17. The number of halogens is 8. The Bertz CT molecular complexity index is 1490. The van der Waals surface area contributed by atoms with Crippen molar-refractivity contribution in [1.29, 1.82) is 0 Å². The number of benzene rings is 2. The Morgan fingerprint density at radius 3 is 1.97 bits per heavy atom. The lowest BCUT2D eigenvalue weighted by Gasteiger charge is -2.37. The summed E-state index contributed by atoms with van der Waals surface area (Å²) in [5.41, 5.74) is -0.717. The molecule has 2 bridgehead atoms. The highest BCUT2D eigenvalue weighted by molar-refractivity contribution is 6.66. The molecular formula is C23H11Cl8N3O5. The van der Waals surface area contributed by atoms with Gasteiger partial charge in [0, 0.05) is 16.1 Å². The average molecular weight is 693 g/mol. The van der Waals surface area contributed by atoms with E-state index in [4.69, 9.17) is 92.8 Å². The smallest absolute Gasteiger partial charge is 0.272 e. The second-order valence-electron chi connectivity index (χ2n) is 8.94. The third-order valence-corrected chi connectivity index (χ3v) is 11.9. The van der Waals surface area contributed by atoms with Crippen molar-refractivity contribution in [3.8, 4) is 0 Å². The molecule has 0 aromatic heterocycles. The predicted molar refractivity (Wildman–Crippen MR) is 149 cm³/mol. The van der Waals surface area contributed by atoms with Crippen LogP contribution in [0.15, 0.2) is 52.5 Å². The number of hydrogen-bond acceptors (Lipinski definition) is 5. The van der Waals surface area contributed by atoms with Crippen LogP contribution in [0.2, 0.25) is 10.0 Å². The molecule has 5 rings (SSSR count). The molecule has 0 unspecified atom stereocenters. The minimum atomic E-state index is -2.18. The number of amides is 3. The number of carbonyl (C=O) groups is 3. The van der Waals surface area contributed by atoms with Crippen molar-refractivity contribution in [2.24, 2.45) is 11.8 Å². The van der Waals surface area contributed by atoms with E-state index in [0.717, 1.165) is 6.07 Å². The molecule has 0 N–H and O–H groups in total. The van der Waals surface area contributed by atoms with E-state index in [1.807, 2.05) is 0 Å². The first-order chi connectivity index (χ1) is 18.1. The van der Waals surface area contributed by atoms with Gasteiger partial charge in [0.1, 0.15) is 15.3 Å². The van der Waals surface area contributed by atoms with Crippen molar-refractivity contribution in [2.75, 3.05) is 0 Å². The van der Waals surface area contributed by atoms with E-state index in [1.165, 1.54) is 36.4 Å². The minimum Gasteiger partial charge on any atom is -0.272 e. The van der Waals surface area contributed by atoms with Gasteiger partial charge >= 0.3 is 0 Å². The Labute approximate surface area is 260 Å². The van der Waals surface area contributed by atoms with Gasteiger partial charge in [-0.05, 0) is 23.8 Å². The molecule has 3 aliphatic rings. The standard InChI is InChI=1S/C23H11Cl8N3O5/c24-10-6-5-9(12(25)7-10)8-32(18(35)11-3-1-2-4-13(11)34(38)39)33-19(36)14-15(20(33)37)22(29)17(27)16(26)21(14,28)23(22,30)31/h1-7,14-15H,8H2/t14-,15-,21+,22+/m0/s1. The number of hydrazine groups is 1. The molecule has 204 valence electrons. The second-order valence-corrected chi connectivity index (χ2v) is 13.1. The van der Waals surface area contributed by atoms with Gasteiger partial charge in [-0.1, -0.05) is 87.8 Å². The summed E-state index contributed by atoms with van der Waals surface area (Å²) in [5, 5.41) is 12.7. The molecule has 2 aromatic carbocycles. The number of nitrogens with zero attached hydrogens (tertiary/aromatic N) is 3. The lowest BCUT2D eigenvalue weighted by Crippen LogP contribution is -2.55. The summed E-state index contributed by atoms with van der Waals surface area (Å²) >= 11 is 51.6. The maximum absolute atomic E-state index is 13.9. The number of hydrogen-bond donors (Lipinski definition) is 0. The summed E-state index contributed by atoms with van der Waals surface area (Å²) in [6.07, 6.45) is 0. The molecular weight excluding hydrogens is 682 g/mol. The molecule has 1 saturated carbocycles. The zero-order valence-corrected chi connectivity index (χ0v) is 24.9. The van der Waals surface area contributed by atoms with Gasteiger partial charge in [-0.3, -0.25) is 24.5 Å². The number of fused-ring (bicyclic) bond motifs is 5. The molecule has 0 radical (unpaired) electrons. The van der Waals surface area contributed by atoms with Gasteiger partial charge in [0.15, 0.2) is 4.33 Å². The van der Waals surface area contributed by atoms with Crippen LogP contribution in [-0.4, -0.2) is 46.7 Å². The fraction of sp³-hybridized carbons (Fsp3) is 0.261. The van der Waals surface area contributed by atoms with Crippen LogP contribution in [0.5, 0.6) is 0 Å². The fourth-order valence-corrected chi connectivity index (χ4v) is 8.61. The molecule has 1 aliphatic heterocycles. The molecule has 2 aromatic rings. The van der Waals surface area contributed by atoms with Crippen LogP contribution in [0, 0.1) is 22.0 Å². The van der Waals surface area contributed by atoms with Crippen molar-refractivity contribution in [3.05, 3.63) is 83.8 Å². The molecule has 39 heavy (non-hydrogen) atoms. The summed E-state index contributed by atoms with van der Waals surface area (Å²) in [7, 11) is 0. The van der Waals surface area contributed by atoms with E-state index < -0.39 is 66.4 Å². The molecule has 8 nitrogen and oxygen atoms in total. The van der Waals surface area contributed by atoms with Gasteiger partial charge in [0.05, 0.1) is 33.4 Å². The first kappa shape index (κ1) is 29.0. The summed E-state index contributed by atoms with van der Waals surface area (Å²) < 4.78 is -2.18. The number of carbonyl (C=O) groups excluding carboxylic acids is 3. The third-order valence-electron chi connectivity index (χ3n) is 7.03. The van der Waals surface area contributed by atoms with E-state index >= 15 is 0 Å². The molecule has 0 spiro atoms. The Hall–Kier alpha value is -1.49. The SMILES string of the molecule is O=C(c1ccccc1[N+](=O)[O-])N(Cc1ccc(Cl)cc1Cl)N1C(=O)[C@@H]2[C@@H](C1=O)[C@@]1(Cl)C(Cl)=C(Cl)[C@@]2(Cl)C1(Cl)Cl. The molecule has 1 saturated heterocycles. The van der Waals surface area contributed by atoms with Crippen LogP contribution < -0.4 is 0 Å². The number of para-hydroxylation sites is 1. The monoisotopic (exact) mass is 689 g/mol. The number of allylic oxidation sites excluding steroid dienone is 2. The van der Waals surface area contributed by atoms with E-state index in [-0.39, 0.29) is 25.7 Å². The van der Waals surface area contributed by atoms with Crippen LogP contribution in [0.1, 0.15) is 15.9 Å². The minimum absolute atomic E-state index is 0.0955. The topological polar surface area (TPSA) is 101 Å². The van der Waals surface area contributed by atoms with Crippen LogP contribution in [0.4, 0.5) is 5.69 Å². The normalized spacial score (nSPS) is 28.8. The highest BCUT2D eigenvalue weighted by Crippen LogP contribution is 2.77. The fourth-order valence-electron chi connectivity index (χ4n) is 5.22. The van der Waals surface area contributed by atoms with Gasteiger partial charge in [0.2, 0.25) is 0 Å². The number of nitro groups is 1. The Balaban J connectivity index is 1.66. The third kappa shape index (κ3) is 3.69. The Kier molecular flexibility index (Phi) is 7.09. The highest BCUT2D eigenvalue weighted by atomic mass is 35.5. The van der Waals surface area contributed by atoms with Gasteiger partial charge in [-0.15, -0.1) is 23.2 Å². The van der Waals surface area contributed by atoms with Gasteiger partial charge in [-0.25, -0.2) is 5.01 Å². The lowest BCUT2D eigenvalue weighted by molar-refractivity contribution is -0.385. The first-order valence-corrected chi connectivity index (χ1v) is 13.8. The predicted octanol–water partition coefficient (Wildman–Crippen LogP) is 6.91. The van der Waals surface area contributed by atoms with Gasteiger partial charge in [0.25, 0.3) is 23.4 Å². The van der Waals surface area contributed by atoms with Crippen LogP contribution in [0.25, 0.3) is 0 Å². The van der Waals surface area contributed by atoms with Crippen LogP contribution in [-0.2, 0) is 16.1 Å². The molecule has 2 aliphatic carbocycles. The van der Waals surface area contributed by atoms with E-state index in [2.05, 4.69) is 0 Å². The molecule has 16 heteroatoms. The lowest BCUT2D eigenvalue weighted by atomic mass is 9.84. The summed E-state index contributed by atoms with van der Waals surface area (Å²) in [6, 6.07) is 9.34. The van der Waals surface area contributed by atoms with E-state index in [0.29, 0.717) is 10.0 Å². The molecule has 1 heterocycles. The zero-order valence-electron chi connectivity index (χ0n) is 18.8. The van der Waals surface area contributed by atoms with Gasteiger partial charge < -0.3 is 0 Å². The first-order valence-electron chi connectivity index (χ1n) is 10.8. The second kappa shape index (κ2) is 9.53. The summed E-state index contributed by atoms with van der Waals surface area (Å²) in [4.78, 5) is 48.4.